The molecule has 1 aliphatic rings. The van der Waals surface area contributed by atoms with Gasteiger partial charge in [0.2, 0.25) is 0 Å². The summed E-state index contributed by atoms with van der Waals surface area (Å²) in [6.45, 7) is 3.77. The number of carboxylic acid groups (broad SMARTS) is 1. The van der Waals surface area contributed by atoms with Crippen molar-refractivity contribution in [3.05, 3.63) is 17.5 Å². The predicted octanol–water partition coefficient (Wildman–Crippen LogP) is 1.86. The van der Waals surface area contributed by atoms with E-state index in [0.717, 1.165) is 35.6 Å². The number of rotatable bonds is 5. The molecule has 1 fully saturated rings. The van der Waals surface area contributed by atoms with Gasteiger partial charge in [-0.25, -0.2) is 0 Å². The summed E-state index contributed by atoms with van der Waals surface area (Å²) in [4.78, 5) is 10.7. The van der Waals surface area contributed by atoms with Crippen LogP contribution in [0.1, 0.15) is 30.3 Å². The molecular formula is C13H15N5O2S. The molecule has 0 unspecified atom stereocenters. The molecule has 3 rings (SSSR count). The van der Waals surface area contributed by atoms with E-state index < -0.39 is 5.97 Å². The lowest BCUT2D eigenvalue weighted by atomic mass is 10.2. The Kier molecular flexibility index (Phi) is 3.62. The number of thioether (sulfide) groups is 1. The Morgan fingerprint density at radius 1 is 1.33 bits per heavy atom. The van der Waals surface area contributed by atoms with E-state index in [9.17, 15) is 4.79 Å². The van der Waals surface area contributed by atoms with E-state index in [2.05, 4.69) is 20.4 Å². The number of carboxylic acids is 1. The number of carbonyl (C=O) groups is 1. The molecule has 0 aliphatic heterocycles. The number of hydrogen-bond acceptors (Lipinski definition) is 6. The van der Waals surface area contributed by atoms with E-state index in [1.807, 2.05) is 24.5 Å². The molecular weight excluding hydrogens is 290 g/mol. The molecule has 0 spiro atoms. The van der Waals surface area contributed by atoms with E-state index in [-0.39, 0.29) is 5.75 Å². The zero-order chi connectivity index (χ0) is 15.0. The molecule has 0 atom stereocenters. The number of aliphatic carboxylic acids is 1. The molecule has 0 amide bonds. The van der Waals surface area contributed by atoms with Crippen molar-refractivity contribution in [2.24, 2.45) is 0 Å². The fourth-order valence-corrected chi connectivity index (χ4v) is 2.85. The van der Waals surface area contributed by atoms with E-state index in [1.54, 1.807) is 0 Å². The molecule has 0 radical (unpaired) electrons. The highest BCUT2D eigenvalue weighted by Crippen LogP contribution is 2.41. The second-order valence-electron chi connectivity index (χ2n) is 5.07. The largest absolute Gasteiger partial charge is 0.481 e. The van der Waals surface area contributed by atoms with Crippen LogP contribution in [-0.4, -0.2) is 41.8 Å². The summed E-state index contributed by atoms with van der Waals surface area (Å²) in [6.07, 6.45) is 2.14. The second-order valence-corrected chi connectivity index (χ2v) is 6.02. The summed E-state index contributed by atoms with van der Waals surface area (Å²) in [5, 5.41) is 26.1. The smallest absolute Gasteiger partial charge is 0.313 e. The lowest BCUT2D eigenvalue weighted by molar-refractivity contribution is -0.133. The third kappa shape index (κ3) is 2.90. The van der Waals surface area contributed by atoms with Crippen LogP contribution in [0.15, 0.2) is 11.2 Å². The molecule has 2 aromatic rings. The first-order valence-electron chi connectivity index (χ1n) is 6.67. The Labute approximate surface area is 125 Å². The second kappa shape index (κ2) is 5.44. The Morgan fingerprint density at radius 3 is 2.76 bits per heavy atom. The monoisotopic (exact) mass is 305 g/mol. The summed E-state index contributed by atoms with van der Waals surface area (Å²) in [5.41, 5.74) is 2.52. The molecule has 1 N–H and O–H groups in total. The van der Waals surface area contributed by atoms with E-state index in [0.29, 0.717) is 11.2 Å². The van der Waals surface area contributed by atoms with E-state index >= 15 is 0 Å². The number of nitrogens with zero attached hydrogens (tertiary/aromatic N) is 5. The van der Waals surface area contributed by atoms with Crippen molar-refractivity contribution in [2.45, 2.75) is 37.9 Å². The SMILES string of the molecule is Cc1cc(-c2nnc(SCC(=O)O)n2C2CC2)c(C)nn1. The van der Waals surface area contributed by atoms with Crippen molar-refractivity contribution in [2.75, 3.05) is 5.75 Å². The quantitative estimate of drug-likeness (QED) is 0.842. The third-order valence-electron chi connectivity index (χ3n) is 3.24. The van der Waals surface area contributed by atoms with Crippen LogP contribution < -0.4 is 0 Å². The minimum Gasteiger partial charge on any atom is -0.481 e. The third-order valence-corrected chi connectivity index (χ3v) is 4.17. The van der Waals surface area contributed by atoms with Gasteiger partial charge < -0.3 is 5.11 Å². The van der Waals surface area contributed by atoms with Crippen molar-refractivity contribution < 1.29 is 9.90 Å². The van der Waals surface area contributed by atoms with Gasteiger partial charge in [-0.05, 0) is 32.8 Å². The maximum absolute atomic E-state index is 10.7. The highest BCUT2D eigenvalue weighted by atomic mass is 32.2. The molecule has 0 bridgehead atoms. The van der Waals surface area contributed by atoms with E-state index in [4.69, 9.17) is 5.11 Å². The van der Waals surface area contributed by atoms with Crippen molar-refractivity contribution in [1.29, 1.82) is 0 Å². The zero-order valence-electron chi connectivity index (χ0n) is 11.8. The van der Waals surface area contributed by atoms with Gasteiger partial charge in [0.1, 0.15) is 0 Å². The summed E-state index contributed by atoms with van der Waals surface area (Å²) in [7, 11) is 0. The first kappa shape index (κ1) is 14.0. The Bertz CT molecular complexity index is 696. The van der Waals surface area contributed by atoms with Gasteiger partial charge in [0, 0.05) is 11.6 Å². The first-order chi connectivity index (χ1) is 10.1. The number of aryl methyl sites for hydroxylation is 2. The maximum Gasteiger partial charge on any atom is 0.313 e. The van der Waals surface area contributed by atoms with Gasteiger partial charge in [0.25, 0.3) is 0 Å². The highest BCUT2D eigenvalue weighted by molar-refractivity contribution is 7.99. The molecule has 1 aliphatic carbocycles. The van der Waals surface area contributed by atoms with Crippen LogP contribution >= 0.6 is 11.8 Å². The molecule has 1 saturated carbocycles. The topological polar surface area (TPSA) is 93.8 Å². The number of aromatic nitrogens is 5. The van der Waals surface area contributed by atoms with Crippen LogP contribution in [0.5, 0.6) is 0 Å². The predicted molar refractivity (Wildman–Crippen MR) is 77.2 cm³/mol. The van der Waals surface area contributed by atoms with Crippen molar-refractivity contribution in [3.63, 3.8) is 0 Å². The van der Waals surface area contributed by atoms with Crippen molar-refractivity contribution in [1.82, 2.24) is 25.0 Å². The van der Waals surface area contributed by atoms with Crippen LogP contribution in [0.3, 0.4) is 0 Å². The van der Waals surface area contributed by atoms with Gasteiger partial charge in [-0.3, -0.25) is 9.36 Å². The highest BCUT2D eigenvalue weighted by Gasteiger charge is 2.31. The van der Waals surface area contributed by atoms with Crippen molar-refractivity contribution >= 4 is 17.7 Å². The van der Waals surface area contributed by atoms with E-state index in [1.165, 1.54) is 11.8 Å². The standard InChI is InChI=1S/C13H15N5O2S/c1-7-5-10(8(2)15-14-7)12-16-17-13(21-6-11(19)20)18(12)9-3-4-9/h5,9H,3-4,6H2,1-2H3,(H,19,20). The molecule has 0 aromatic carbocycles. The normalized spacial score (nSPS) is 14.4. The van der Waals surface area contributed by atoms with Gasteiger partial charge in [0.05, 0.1) is 17.1 Å². The summed E-state index contributed by atoms with van der Waals surface area (Å²) < 4.78 is 2.04. The van der Waals surface area contributed by atoms with Crippen LogP contribution in [-0.2, 0) is 4.79 Å². The molecule has 21 heavy (non-hydrogen) atoms. The zero-order valence-corrected chi connectivity index (χ0v) is 12.6. The number of hydrogen-bond donors (Lipinski definition) is 1. The lowest BCUT2D eigenvalue weighted by Crippen LogP contribution is -2.04. The van der Waals surface area contributed by atoms with Gasteiger partial charge in [0.15, 0.2) is 11.0 Å². The average molecular weight is 305 g/mol. The Morgan fingerprint density at radius 2 is 2.10 bits per heavy atom. The molecule has 0 saturated heterocycles. The summed E-state index contributed by atoms with van der Waals surface area (Å²) in [5.74, 6) is -0.123. The van der Waals surface area contributed by atoms with Crippen LogP contribution in [0.4, 0.5) is 0 Å². The molecule has 2 aromatic heterocycles. The molecule has 8 heteroatoms. The van der Waals surface area contributed by atoms with Gasteiger partial charge in [-0.2, -0.15) is 10.2 Å². The fraction of sp³-hybridized carbons (Fsp3) is 0.462. The molecule has 2 heterocycles. The fourth-order valence-electron chi connectivity index (χ4n) is 2.12. The maximum atomic E-state index is 10.7. The average Bonchev–Trinajstić information content (AvgIpc) is 3.19. The molecule has 110 valence electrons. The molecule has 7 nitrogen and oxygen atoms in total. The van der Waals surface area contributed by atoms with Crippen LogP contribution in [0.2, 0.25) is 0 Å². The minimum atomic E-state index is -0.857. The van der Waals surface area contributed by atoms with Gasteiger partial charge in [-0.1, -0.05) is 11.8 Å². The summed E-state index contributed by atoms with van der Waals surface area (Å²) >= 11 is 1.20. The Hall–Kier alpha value is -1.96. The van der Waals surface area contributed by atoms with Crippen molar-refractivity contribution in [3.8, 4) is 11.4 Å². The first-order valence-corrected chi connectivity index (χ1v) is 7.65. The van der Waals surface area contributed by atoms with Gasteiger partial charge >= 0.3 is 5.97 Å². The summed E-state index contributed by atoms with van der Waals surface area (Å²) in [6, 6.07) is 2.30. The Balaban J connectivity index is 2.02. The minimum absolute atomic E-state index is 0.0164. The van der Waals surface area contributed by atoms with Gasteiger partial charge in [-0.15, -0.1) is 10.2 Å². The lowest BCUT2D eigenvalue weighted by Gasteiger charge is -2.09. The van der Waals surface area contributed by atoms with Crippen LogP contribution in [0, 0.1) is 13.8 Å². The van der Waals surface area contributed by atoms with Crippen LogP contribution in [0.25, 0.3) is 11.4 Å².